The maximum atomic E-state index is 13.0. The Kier molecular flexibility index (Phi) is 4.95. The molecule has 3 N–H and O–H groups in total. The molecule has 4 rings (SSSR count). The Bertz CT molecular complexity index is 1030. The van der Waals surface area contributed by atoms with Gasteiger partial charge in [0.2, 0.25) is 0 Å². The summed E-state index contributed by atoms with van der Waals surface area (Å²) in [7, 11) is 0. The number of hydrogen-bond donors (Lipinski definition) is 3. The largest absolute Gasteiger partial charge is 0.394 e. The number of rotatable bonds is 6. The summed E-state index contributed by atoms with van der Waals surface area (Å²) in [4.78, 5) is 25.9. The third-order valence-electron chi connectivity index (χ3n) is 5.37. The van der Waals surface area contributed by atoms with E-state index in [-0.39, 0.29) is 12.2 Å². The highest BCUT2D eigenvalue weighted by Crippen LogP contribution is 2.34. The summed E-state index contributed by atoms with van der Waals surface area (Å²) in [6.45, 7) is 2.52. The van der Waals surface area contributed by atoms with Gasteiger partial charge in [0, 0.05) is 25.1 Å². The van der Waals surface area contributed by atoms with E-state index in [1.165, 1.54) is 0 Å². The van der Waals surface area contributed by atoms with Crippen LogP contribution < -0.4 is 16.2 Å². The molecule has 0 unspecified atom stereocenters. The molecule has 28 heavy (non-hydrogen) atoms. The van der Waals surface area contributed by atoms with E-state index < -0.39 is 5.54 Å². The highest BCUT2D eigenvalue weighted by molar-refractivity contribution is 5.93. The van der Waals surface area contributed by atoms with Crippen molar-refractivity contribution in [2.24, 2.45) is 0 Å². The number of nitrogens with zero attached hydrogens (tertiary/aromatic N) is 4. The van der Waals surface area contributed by atoms with Crippen molar-refractivity contribution < 1.29 is 5.11 Å². The first-order valence-corrected chi connectivity index (χ1v) is 9.60. The molecule has 0 amide bonds. The lowest BCUT2D eigenvalue weighted by molar-refractivity contribution is 0.214. The van der Waals surface area contributed by atoms with Gasteiger partial charge in [0.05, 0.1) is 23.7 Å². The van der Waals surface area contributed by atoms with E-state index in [1.54, 1.807) is 29.4 Å². The van der Waals surface area contributed by atoms with Gasteiger partial charge in [0.15, 0.2) is 0 Å². The second-order valence-corrected chi connectivity index (χ2v) is 7.21. The van der Waals surface area contributed by atoms with Gasteiger partial charge in [-0.25, -0.2) is 9.97 Å². The highest BCUT2D eigenvalue weighted by Gasteiger charge is 2.34. The average molecular weight is 380 g/mol. The Morgan fingerprint density at radius 1 is 1.25 bits per heavy atom. The summed E-state index contributed by atoms with van der Waals surface area (Å²) < 4.78 is 1.66. The highest BCUT2D eigenvalue weighted by atomic mass is 16.3. The zero-order chi connectivity index (χ0) is 19.6. The minimum Gasteiger partial charge on any atom is -0.394 e. The molecule has 3 aromatic rings. The molecule has 8 heteroatoms. The molecular formula is C20H24N6O2. The van der Waals surface area contributed by atoms with E-state index in [0.29, 0.717) is 29.4 Å². The number of aryl methyl sites for hydroxylation is 1. The van der Waals surface area contributed by atoms with Gasteiger partial charge in [-0.2, -0.15) is 0 Å². The fourth-order valence-corrected chi connectivity index (χ4v) is 3.83. The lowest BCUT2D eigenvalue weighted by atomic mass is 9.98. The second kappa shape index (κ2) is 7.55. The normalized spacial score (nSPS) is 15.6. The van der Waals surface area contributed by atoms with Crippen molar-refractivity contribution in [3.05, 3.63) is 47.3 Å². The molecule has 3 aromatic heterocycles. The summed E-state index contributed by atoms with van der Waals surface area (Å²) in [6.07, 6.45) is 10.4. The van der Waals surface area contributed by atoms with Crippen LogP contribution in [0, 0.1) is 0 Å². The first-order chi connectivity index (χ1) is 13.6. The van der Waals surface area contributed by atoms with Gasteiger partial charge in [-0.15, -0.1) is 0 Å². The Morgan fingerprint density at radius 3 is 2.75 bits per heavy atom. The van der Waals surface area contributed by atoms with Gasteiger partial charge in [0.25, 0.3) is 5.56 Å². The van der Waals surface area contributed by atoms with Gasteiger partial charge in [-0.05, 0) is 37.3 Å². The van der Waals surface area contributed by atoms with E-state index in [2.05, 4.69) is 25.6 Å². The van der Waals surface area contributed by atoms with E-state index in [0.717, 1.165) is 31.1 Å². The van der Waals surface area contributed by atoms with Crippen molar-refractivity contribution >= 4 is 28.2 Å². The summed E-state index contributed by atoms with van der Waals surface area (Å²) in [5.74, 6) is 1.63. The quantitative estimate of drug-likeness (QED) is 0.604. The molecule has 1 fully saturated rings. The number of fused-ring (bicyclic) bond motifs is 1. The van der Waals surface area contributed by atoms with Gasteiger partial charge in [-0.3, -0.25) is 9.78 Å². The van der Waals surface area contributed by atoms with Gasteiger partial charge >= 0.3 is 0 Å². The number of aliphatic hydroxyl groups is 1. The van der Waals surface area contributed by atoms with Crippen LogP contribution in [0.2, 0.25) is 0 Å². The Morgan fingerprint density at radius 2 is 2.07 bits per heavy atom. The molecule has 0 bridgehead atoms. The van der Waals surface area contributed by atoms with Crippen molar-refractivity contribution in [3.63, 3.8) is 0 Å². The standard InChI is InChI=1S/C20H24N6O2/c1-2-26-10-5-14-11-15(23-16-12-21-8-9-22-16)24-18(17(14)19(26)28)25-20(13-27)6-3-4-7-20/h5,8-12,27H,2-4,6-7,13H2,1H3,(H2,22,23,24,25). The molecule has 3 heterocycles. The zero-order valence-electron chi connectivity index (χ0n) is 15.9. The van der Waals surface area contributed by atoms with E-state index in [1.807, 2.05) is 19.1 Å². The third-order valence-corrected chi connectivity index (χ3v) is 5.37. The summed E-state index contributed by atoms with van der Waals surface area (Å²) in [6, 6.07) is 3.74. The minimum absolute atomic E-state index is 0.00674. The monoisotopic (exact) mass is 380 g/mol. The Balaban J connectivity index is 1.84. The SMILES string of the molecule is CCn1ccc2cc(Nc3cnccn3)nc(NC3(CO)CCCC3)c2c1=O. The van der Waals surface area contributed by atoms with E-state index >= 15 is 0 Å². The van der Waals surface area contributed by atoms with Crippen molar-refractivity contribution in [2.45, 2.75) is 44.7 Å². The van der Waals surface area contributed by atoms with Crippen molar-refractivity contribution in [1.29, 1.82) is 0 Å². The van der Waals surface area contributed by atoms with Gasteiger partial charge < -0.3 is 20.3 Å². The van der Waals surface area contributed by atoms with Gasteiger partial charge in [-0.1, -0.05) is 12.8 Å². The first-order valence-electron chi connectivity index (χ1n) is 9.60. The molecular weight excluding hydrogens is 356 g/mol. The number of hydrogen-bond acceptors (Lipinski definition) is 7. The molecule has 8 nitrogen and oxygen atoms in total. The molecule has 0 atom stereocenters. The second-order valence-electron chi connectivity index (χ2n) is 7.21. The minimum atomic E-state index is -0.440. The number of aromatic nitrogens is 4. The van der Waals surface area contributed by atoms with Crippen molar-refractivity contribution in [2.75, 3.05) is 17.2 Å². The Labute approximate surface area is 162 Å². The molecule has 1 aliphatic carbocycles. The molecule has 0 spiro atoms. The molecule has 0 radical (unpaired) electrons. The zero-order valence-corrected chi connectivity index (χ0v) is 15.9. The third kappa shape index (κ3) is 3.43. The molecule has 0 saturated heterocycles. The fourth-order valence-electron chi connectivity index (χ4n) is 3.83. The summed E-state index contributed by atoms with van der Waals surface area (Å²) in [5, 5.41) is 17.9. The van der Waals surface area contributed by atoms with Crippen LogP contribution >= 0.6 is 0 Å². The number of pyridine rings is 2. The Hall–Kier alpha value is -3.00. The van der Waals surface area contributed by atoms with Crippen molar-refractivity contribution in [1.82, 2.24) is 19.5 Å². The molecule has 1 aliphatic rings. The first kappa shape index (κ1) is 18.4. The topological polar surface area (TPSA) is 105 Å². The smallest absolute Gasteiger partial charge is 0.262 e. The van der Waals surface area contributed by atoms with Crippen LogP contribution in [-0.2, 0) is 6.54 Å². The summed E-state index contributed by atoms with van der Waals surface area (Å²) >= 11 is 0. The fraction of sp³-hybridized carbons (Fsp3) is 0.400. The predicted molar refractivity (Wildman–Crippen MR) is 109 cm³/mol. The van der Waals surface area contributed by atoms with Crippen LogP contribution in [0.5, 0.6) is 0 Å². The number of anilines is 3. The predicted octanol–water partition coefficient (Wildman–Crippen LogP) is 2.67. The van der Waals surface area contributed by atoms with Crippen LogP contribution in [0.4, 0.5) is 17.5 Å². The van der Waals surface area contributed by atoms with Crippen molar-refractivity contribution in [3.8, 4) is 0 Å². The van der Waals surface area contributed by atoms with Crippen LogP contribution in [0.3, 0.4) is 0 Å². The maximum Gasteiger partial charge on any atom is 0.262 e. The van der Waals surface area contributed by atoms with Crippen LogP contribution in [-0.4, -0.2) is 36.8 Å². The molecule has 0 aromatic carbocycles. The number of aliphatic hydroxyl groups excluding tert-OH is 1. The van der Waals surface area contributed by atoms with E-state index in [9.17, 15) is 9.90 Å². The maximum absolute atomic E-state index is 13.0. The molecule has 1 saturated carbocycles. The molecule has 146 valence electrons. The lowest BCUT2D eigenvalue weighted by Gasteiger charge is -2.29. The number of nitrogens with one attached hydrogen (secondary N) is 2. The summed E-state index contributed by atoms with van der Waals surface area (Å²) in [5.41, 5.74) is -0.531. The van der Waals surface area contributed by atoms with Gasteiger partial charge in [0.1, 0.15) is 17.5 Å². The van der Waals surface area contributed by atoms with E-state index in [4.69, 9.17) is 0 Å². The van der Waals surface area contributed by atoms with Crippen LogP contribution in [0.15, 0.2) is 41.7 Å². The average Bonchev–Trinajstić information content (AvgIpc) is 3.18. The lowest BCUT2D eigenvalue weighted by Crippen LogP contribution is -2.40. The van der Waals surface area contributed by atoms with Crippen LogP contribution in [0.25, 0.3) is 10.8 Å². The molecule has 0 aliphatic heterocycles. The van der Waals surface area contributed by atoms with Crippen LogP contribution in [0.1, 0.15) is 32.6 Å².